The molecule has 21 heavy (non-hydrogen) atoms. The summed E-state index contributed by atoms with van der Waals surface area (Å²) in [6.07, 6.45) is 0.946. The normalized spacial score (nSPS) is 11.9. The van der Waals surface area contributed by atoms with E-state index >= 15 is 0 Å². The molecule has 1 amide bonds. The van der Waals surface area contributed by atoms with Gasteiger partial charge in [0.15, 0.2) is 0 Å². The Morgan fingerprint density at radius 1 is 1.05 bits per heavy atom. The third-order valence-electron chi connectivity index (χ3n) is 3.19. The number of amides is 1. The van der Waals surface area contributed by atoms with Crippen LogP contribution in [0, 0.1) is 0 Å². The zero-order valence-electron chi connectivity index (χ0n) is 11.6. The van der Waals surface area contributed by atoms with E-state index in [0.29, 0.717) is 12.8 Å². The Hall–Kier alpha value is -1.65. The molecule has 0 aromatic heterocycles. The average Bonchev–Trinajstić information content (AvgIpc) is 2.50. The van der Waals surface area contributed by atoms with Gasteiger partial charge in [0.1, 0.15) is 0 Å². The monoisotopic (exact) mass is 347 g/mol. The molecule has 4 heteroatoms. The number of carbonyl (C=O) groups excluding carboxylic acids is 1. The van der Waals surface area contributed by atoms with Crippen LogP contribution in [0.5, 0.6) is 0 Å². The first-order chi connectivity index (χ1) is 10.2. The molecular weight excluding hydrogens is 330 g/mol. The van der Waals surface area contributed by atoms with Crippen LogP contribution in [0.25, 0.3) is 0 Å². The van der Waals surface area contributed by atoms with Crippen molar-refractivity contribution in [1.29, 1.82) is 0 Å². The Bertz CT molecular complexity index is 569. The molecule has 0 saturated heterocycles. The van der Waals surface area contributed by atoms with Crippen LogP contribution in [-0.4, -0.2) is 23.7 Å². The second-order valence-corrected chi connectivity index (χ2v) is 5.86. The van der Waals surface area contributed by atoms with E-state index in [9.17, 15) is 9.90 Å². The lowest BCUT2D eigenvalue weighted by Gasteiger charge is -2.16. The predicted octanol–water partition coefficient (Wildman–Crippen LogP) is 2.71. The summed E-state index contributed by atoms with van der Waals surface area (Å²) in [5.74, 6) is -0.0766. The first-order valence-corrected chi connectivity index (χ1v) is 7.65. The molecule has 0 saturated carbocycles. The number of aliphatic hydroxyl groups excluding tert-OH is 1. The number of halogens is 1. The summed E-state index contributed by atoms with van der Waals surface area (Å²) < 4.78 is 0.990. The first-order valence-electron chi connectivity index (χ1n) is 6.86. The molecule has 2 N–H and O–H groups in total. The fourth-order valence-electron chi connectivity index (χ4n) is 2.13. The van der Waals surface area contributed by atoms with E-state index < -0.39 is 0 Å². The number of nitrogens with one attached hydrogen (secondary N) is 1. The summed E-state index contributed by atoms with van der Waals surface area (Å²) in [6, 6.07) is 17.2. The van der Waals surface area contributed by atoms with Crippen molar-refractivity contribution in [2.24, 2.45) is 0 Å². The van der Waals surface area contributed by atoms with Gasteiger partial charge in [-0.15, -0.1) is 0 Å². The summed E-state index contributed by atoms with van der Waals surface area (Å²) in [4.78, 5) is 12.0. The minimum atomic E-state index is -0.254. The maximum Gasteiger partial charge on any atom is 0.224 e. The predicted molar refractivity (Wildman–Crippen MR) is 87.0 cm³/mol. The smallest absolute Gasteiger partial charge is 0.224 e. The van der Waals surface area contributed by atoms with Crippen molar-refractivity contribution in [1.82, 2.24) is 5.32 Å². The summed E-state index contributed by atoms with van der Waals surface area (Å²) in [5.41, 5.74) is 2.05. The van der Waals surface area contributed by atoms with Gasteiger partial charge in [-0.05, 0) is 29.7 Å². The summed E-state index contributed by atoms with van der Waals surface area (Å²) in [6.45, 7) is -0.0685. The van der Waals surface area contributed by atoms with Crippen molar-refractivity contribution in [3.05, 3.63) is 70.2 Å². The number of hydrogen-bond donors (Lipinski definition) is 2. The molecule has 0 aliphatic heterocycles. The average molecular weight is 348 g/mol. The maximum absolute atomic E-state index is 12.0. The molecule has 0 radical (unpaired) electrons. The minimum Gasteiger partial charge on any atom is -0.394 e. The molecule has 0 fully saturated rings. The maximum atomic E-state index is 12.0. The van der Waals surface area contributed by atoms with Crippen molar-refractivity contribution in [3.63, 3.8) is 0 Å². The van der Waals surface area contributed by atoms with E-state index in [0.717, 1.165) is 15.6 Å². The highest BCUT2D eigenvalue weighted by Crippen LogP contribution is 2.11. The summed E-state index contributed by atoms with van der Waals surface area (Å²) >= 11 is 3.37. The molecule has 0 aliphatic rings. The lowest BCUT2D eigenvalue weighted by Crippen LogP contribution is -2.39. The molecule has 3 nitrogen and oxygen atoms in total. The lowest BCUT2D eigenvalue weighted by molar-refractivity contribution is -0.121. The fourth-order valence-corrected chi connectivity index (χ4v) is 2.39. The fraction of sp³-hybridized carbons (Fsp3) is 0.235. The second kappa shape index (κ2) is 7.96. The van der Waals surface area contributed by atoms with Crippen molar-refractivity contribution < 1.29 is 9.90 Å². The van der Waals surface area contributed by atoms with Gasteiger partial charge in [0.25, 0.3) is 0 Å². The highest BCUT2D eigenvalue weighted by atomic mass is 79.9. The largest absolute Gasteiger partial charge is 0.394 e. The number of rotatable bonds is 6. The molecule has 2 aromatic rings. The van der Waals surface area contributed by atoms with Crippen LogP contribution in [-0.2, 0) is 17.6 Å². The molecular formula is C17H18BrNO2. The van der Waals surface area contributed by atoms with E-state index in [1.807, 2.05) is 54.6 Å². The molecule has 0 heterocycles. The number of carbonyl (C=O) groups is 1. The Morgan fingerprint density at radius 3 is 2.33 bits per heavy atom. The van der Waals surface area contributed by atoms with Gasteiger partial charge in [0, 0.05) is 4.47 Å². The molecule has 1 unspecified atom stereocenters. The van der Waals surface area contributed by atoms with Crippen molar-refractivity contribution in [2.75, 3.05) is 6.61 Å². The van der Waals surface area contributed by atoms with Gasteiger partial charge in [-0.25, -0.2) is 0 Å². The summed E-state index contributed by atoms with van der Waals surface area (Å²) in [7, 11) is 0. The van der Waals surface area contributed by atoms with Crippen molar-refractivity contribution in [3.8, 4) is 0 Å². The number of aliphatic hydroxyl groups is 1. The van der Waals surface area contributed by atoms with Crippen LogP contribution < -0.4 is 5.32 Å². The molecule has 0 aliphatic carbocycles. The SMILES string of the molecule is O=C(Cc1ccc(Br)cc1)NC(CO)Cc1ccccc1. The molecule has 2 rings (SSSR count). The zero-order chi connectivity index (χ0) is 15.1. The Kier molecular flexibility index (Phi) is 5.96. The van der Waals surface area contributed by atoms with Crippen LogP contribution in [0.3, 0.4) is 0 Å². The zero-order valence-corrected chi connectivity index (χ0v) is 13.2. The van der Waals surface area contributed by atoms with E-state index in [4.69, 9.17) is 0 Å². The lowest BCUT2D eigenvalue weighted by atomic mass is 10.1. The molecule has 2 aromatic carbocycles. The van der Waals surface area contributed by atoms with E-state index in [1.54, 1.807) is 0 Å². The Labute approximate surface area is 133 Å². The van der Waals surface area contributed by atoms with E-state index in [2.05, 4.69) is 21.2 Å². The van der Waals surface area contributed by atoms with Gasteiger partial charge >= 0.3 is 0 Å². The van der Waals surface area contributed by atoms with Crippen LogP contribution in [0.1, 0.15) is 11.1 Å². The number of benzene rings is 2. The third-order valence-corrected chi connectivity index (χ3v) is 3.72. The second-order valence-electron chi connectivity index (χ2n) is 4.94. The third kappa shape index (κ3) is 5.33. The first kappa shape index (κ1) is 15.7. The van der Waals surface area contributed by atoms with Gasteiger partial charge in [0.2, 0.25) is 5.91 Å². The quantitative estimate of drug-likeness (QED) is 0.843. The van der Waals surface area contributed by atoms with Gasteiger partial charge in [-0.2, -0.15) is 0 Å². The molecule has 0 spiro atoms. The van der Waals surface area contributed by atoms with Gasteiger partial charge in [0.05, 0.1) is 19.1 Å². The highest BCUT2D eigenvalue weighted by Gasteiger charge is 2.12. The highest BCUT2D eigenvalue weighted by molar-refractivity contribution is 9.10. The van der Waals surface area contributed by atoms with Gasteiger partial charge in [-0.1, -0.05) is 58.4 Å². The minimum absolute atomic E-state index is 0.0685. The van der Waals surface area contributed by atoms with Gasteiger partial charge < -0.3 is 10.4 Å². The van der Waals surface area contributed by atoms with E-state index in [1.165, 1.54) is 0 Å². The molecule has 0 bridgehead atoms. The van der Waals surface area contributed by atoms with Crippen LogP contribution in [0.15, 0.2) is 59.1 Å². The molecule has 110 valence electrons. The van der Waals surface area contributed by atoms with Crippen molar-refractivity contribution in [2.45, 2.75) is 18.9 Å². The Morgan fingerprint density at radius 2 is 1.71 bits per heavy atom. The standard InChI is InChI=1S/C17H18BrNO2/c18-15-8-6-14(7-9-15)11-17(21)19-16(12-20)10-13-4-2-1-3-5-13/h1-9,16,20H,10-12H2,(H,19,21). The van der Waals surface area contributed by atoms with Gasteiger partial charge in [-0.3, -0.25) is 4.79 Å². The van der Waals surface area contributed by atoms with Crippen molar-refractivity contribution >= 4 is 21.8 Å². The van der Waals surface area contributed by atoms with E-state index in [-0.39, 0.29) is 18.6 Å². The van der Waals surface area contributed by atoms with Crippen LogP contribution in [0.4, 0.5) is 0 Å². The summed E-state index contributed by atoms with van der Waals surface area (Å²) in [5, 5.41) is 12.3. The van der Waals surface area contributed by atoms with Crippen LogP contribution >= 0.6 is 15.9 Å². The molecule has 1 atom stereocenters. The number of hydrogen-bond acceptors (Lipinski definition) is 2. The Balaban J connectivity index is 1.89. The van der Waals surface area contributed by atoms with Crippen LogP contribution in [0.2, 0.25) is 0 Å². The topological polar surface area (TPSA) is 49.3 Å².